The third kappa shape index (κ3) is 3.96. The van der Waals surface area contributed by atoms with Crippen molar-refractivity contribution >= 4 is 11.3 Å². The van der Waals surface area contributed by atoms with Gasteiger partial charge in [0.05, 0.1) is 0 Å². The van der Waals surface area contributed by atoms with Gasteiger partial charge in [-0.15, -0.1) is 11.3 Å². The molecule has 0 spiro atoms. The Labute approximate surface area is 133 Å². The number of benzene rings is 1. The maximum atomic E-state index is 3.72. The minimum absolute atomic E-state index is 0.362. The highest BCUT2D eigenvalue weighted by Crippen LogP contribution is 2.28. The van der Waals surface area contributed by atoms with Crippen LogP contribution in [0.4, 0.5) is 0 Å². The van der Waals surface area contributed by atoms with Gasteiger partial charge in [-0.2, -0.15) is 0 Å². The van der Waals surface area contributed by atoms with Gasteiger partial charge in [0.2, 0.25) is 0 Å². The fourth-order valence-electron chi connectivity index (χ4n) is 2.81. The van der Waals surface area contributed by atoms with Crippen molar-refractivity contribution in [1.29, 1.82) is 0 Å². The molecule has 2 rings (SSSR count). The van der Waals surface area contributed by atoms with Crippen molar-refractivity contribution in [2.45, 2.75) is 59.5 Å². The molecule has 1 aromatic heterocycles. The first-order valence-corrected chi connectivity index (χ1v) is 8.63. The first kappa shape index (κ1) is 16.3. The van der Waals surface area contributed by atoms with Gasteiger partial charge >= 0.3 is 0 Å². The average Bonchev–Trinajstić information content (AvgIpc) is 2.77. The fourth-order valence-corrected chi connectivity index (χ4v) is 3.83. The summed E-state index contributed by atoms with van der Waals surface area (Å²) in [5.74, 6) is 0.595. The summed E-state index contributed by atoms with van der Waals surface area (Å²) < 4.78 is 0. The molecule has 2 atom stereocenters. The second kappa shape index (κ2) is 6.76. The molecule has 0 bridgehead atoms. The minimum atomic E-state index is 0.362. The van der Waals surface area contributed by atoms with Gasteiger partial charge < -0.3 is 5.32 Å². The van der Waals surface area contributed by atoms with E-state index in [0.29, 0.717) is 18.0 Å². The van der Waals surface area contributed by atoms with Crippen LogP contribution < -0.4 is 5.32 Å². The molecule has 21 heavy (non-hydrogen) atoms. The predicted molar refractivity (Wildman–Crippen MR) is 94.3 cm³/mol. The average molecular weight is 301 g/mol. The Bertz CT molecular complexity index is 580. The molecule has 1 heterocycles. The zero-order valence-corrected chi connectivity index (χ0v) is 14.8. The van der Waals surface area contributed by atoms with Crippen LogP contribution in [0.2, 0.25) is 0 Å². The van der Waals surface area contributed by atoms with E-state index >= 15 is 0 Å². The highest BCUT2D eigenvalue weighted by Gasteiger charge is 2.14. The minimum Gasteiger partial charge on any atom is -0.304 e. The third-order valence-corrected chi connectivity index (χ3v) is 5.13. The molecule has 0 radical (unpaired) electrons. The lowest BCUT2D eigenvalue weighted by Gasteiger charge is -2.21. The van der Waals surface area contributed by atoms with E-state index in [2.05, 4.69) is 77.2 Å². The molecule has 1 aromatic carbocycles. The van der Waals surface area contributed by atoms with Crippen LogP contribution in [0.15, 0.2) is 30.3 Å². The van der Waals surface area contributed by atoms with Gasteiger partial charge in [-0.1, -0.05) is 38.1 Å². The summed E-state index contributed by atoms with van der Waals surface area (Å²) >= 11 is 1.89. The van der Waals surface area contributed by atoms with E-state index in [-0.39, 0.29) is 0 Å². The Morgan fingerprint density at radius 2 is 1.43 bits per heavy atom. The summed E-state index contributed by atoms with van der Waals surface area (Å²) in [6.07, 6.45) is 0. The summed E-state index contributed by atoms with van der Waals surface area (Å²) in [5.41, 5.74) is 4.20. The molecule has 2 aromatic rings. The smallest absolute Gasteiger partial charge is 0.0308 e. The number of aryl methyl sites for hydroxylation is 2. The molecular weight excluding hydrogens is 274 g/mol. The molecule has 0 aliphatic carbocycles. The number of hydrogen-bond acceptors (Lipinski definition) is 2. The highest BCUT2D eigenvalue weighted by molar-refractivity contribution is 7.12. The van der Waals surface area contributed by atoms with Crippen molar-refractivity contribution in [3.8, 4) is 0 Å². The van der Waals surface area contributed by atoms with E-state index in [9.17, 15) is 0 Å². The SMILES string of the molecule is Cc1cc(C(C)NC(C)c2ccc(C(C)C)cc2)c(C)s1. The lowest BCUT2D eigenvalue weighted by atomic mass is 9.99. The van der Waals surface area contributed by atoms with Crippen molar-refractivity contribution in [3.63, 3.8) is 0 Å². The second-order valence-electron chi connectivity index (χ2n) is 6.30. The Morgan fingerprint density at radius 3 is 1.90 bits per heavy atom. The monoisotopic (exact) mass is 301 g/mol. The molecule has 0 aliphatic rings. The molecule has 0 saturated carbocycles. The van der Waals surface area contributed by atoms with E-state index in [1.54, 1.807) is 0 Å². The molecule has 1 nitrogen and oxygen atoms in total. The quantitative estimate of drug-likeness (QED) is 0.725. The van der Waals surface area contributed by atoms with Crippen LogP contribution in [0.5, 0.6) is 0 Å². The van der Waals surface area contributed by atoms with Crippen LogP contribution in [-0.4, -0.2) is 0 Å². The van der Waals surface area contributed by atoms with Crippen molar-refractivity contribution in [3.05, 3.63) is 56.8 Å². The van der Waals surface area contributed by atoms with Crippen molar-refractivity contribution in [2.75, 3.05) is 0 Å². The van der Waals surface area contributed by atoms with Gasteiger partial charge in [-0.3, -0.25) is 0 Å². The standard InChI is InChI=1S/C19H27NS/c1-12(2)17-7-9-18(10-8-17)14(4)20-15(5)19-11-13(3)21-16(19)6/h7-12,14-15,20H,1-6H3. The van der Waals surface area contributed by atoms with Gasteiger partial charge in [0.1, 0.15) is 0 Å². The number of rotatable bonds is 5. The first-order valence-electron chi connectivity index (χ1n) is 7.81. The van der Waals surface area contributed by atoms with E-state index in [1.165, 1.54) is 26.4 Å². The third-order valence-electron chi connectivity index (χ3n) is 4.15. The Balaban J connectivity index is 2.06. The van der Waals surface area contributed by atoms with E-state index in [4.69, 9.17) is 0 Å². The fraction of sp³-hybridized carbons (Fsp3) is 0.474. The highest BCUT2D eigenvalue weighted by atomic mass is 32.1. The Hall–Kier alpha value is -1.12. The zero-order valence-electron chi connectivity index (χ0n) is 14.0. The van der Waals surface area contributed by atoms with E-state index in [0.717, 1.165) is 0 Å². The largest absolute Gasteiger partial charge is 0.304 e. The number of thiophene rings is 1. The number of hydrogen-bond donors (Lipinski definition) is 1. The number of nitrogens with one attached hydrogen (secondary N) is 1. The summed E-state index contributed by atoms with van der Waals surface area (Å²) in [6, 6.07) is 12.1. The van der Waals surface area contributed by atoms with Crippen molar-refractivity contribution in [2.24, 2.45) is 0 Å². The van der Waals surface area contributed by atoms with Crippen LogP contribution in [0, 0.1) is 13.8 Å². The van der Waals surface area contributed by atoms with Crippen LogP contribution in [0.1, 0.15) is 72.1 Å². The molecule has 0 amide bonds. The van der Waals surface area contributed by atoms with Crippen molar-refractivity contribution in [1.82, 2.24) is 5.32 Å². The maximum absolute atomic E-state index is 3.72. The Morgan fingerprint density at radius 1 is 0.857 bits per heavy atom. The van der Waals surface area contributed by atoms with Crippen LogP contribution in [0.25, 0.3) is 0 Å². The van der Waals surface area contributed by atoms with Gasteiger partial charge in [0.15, 0.2) is 0 Å². The first-order chi connectivity index (χ1) is 9.88. The lowest BCUT2D eigenvalue weighted by molar-refractivity contribution is 0.494. The molecule has 2 heteroatoms. The summed E-state index contributed by atoms with van der Waals surface area (Å²) in [4.78, 5) is 2.82. The van der Waals surface area contributed by atoms with Crippen molar-refractivity contribution < 1.29 is 0 Å². The van der Waals surface area contributed by atoms with Gasteiger partial charge in [0.25, 0.3) is 0 Å². The zero-order chi connectivity index (χ0) is 15.6. The molecule has 114 valence electrons. The van der Waals surface area contributed by atoms with E-state index < -0.39 is 0 Å². The second-order valence-corrected chi connectivity index (χ2v) is 7.76. The molecule has 0 fully saturated rings. The Kier molecular flexibility index (Phi) is 5.23. The van der Waals surface area contributed by atoms with E-state index in [1.807, 2.05) is 11.3 Å². The molecular formula is C19H27NS. The predicted octanol–water partition coefficient (Wildman–Crippen LogP) is 5.90. The topological polar surface area (TPSA) is 12.0 Å². The molecule has 2 unspecified atom stereocenters. The normalized spacial score (nSPS) is 14.4. The maximum Gasteiger partial charge on any atom is 0.0308 e. The molecule has 1 N–H and O–H groups in total. The van der Waals surface area contributed by atoms with Crippen LogP contribution in [0.3, 0.4) is 0 Å². The molecule has 0 saturated heterocycles. The molecule has 0 aliphatic heterocycles. The summed E-state index contributed by atoms with van der Waals surface area (Å²) in [5, 5.41) is 3.72. The van der Waals surface area contributed by atoms with Crippen LogP contribution in [-0.2, 0) is 0 Å². The van der Waals surface area contributed by atoms with Gasteiger partial charge in [-0.05, 0) is 56.4 Å². The van der Waals surface area contributed by atoms with Crippen LogP contribution >= 0.6 is 11.3 Å². The lowest BCUT2D eigenvalue weighted by Crippen LogP contribution is -2.22. The summed E-state index contributed by atoms with van der Waals surface area (Å²) in [7, 11) is 0. The van der Waals surface area contributed by atoms with Gasteiger partial charge in [-0.25, -0.2) is 0 Å². The van der Waals surface area contributed by atoms with Gasteiger partial charge in [0, 0.05) is 21.8 Å². The summed E-state index contributed by atoms with van der Waals surface area (Å²) in [6.45, 7) is 13.4.